The number of rotatable bonds is 6. The zero-order valence-electron chi connectivity index (χ0n) is 14.5. The first kappa shape index (κ1) is 17.6. The number of hydrogen-bond donors (Lipinski definition) is 1. The summed E-state index contributed by atoms with van der Waals surface area (Å²) in [6.07, 6.45) is 0.571. The van der Waals surface area contributed by atoms with Crippen LogP contribution in [0.15, 0.2) is 54.6 Å². The van der Waals surface area contributed by atoms with Gasteiger partial charge in [-0.05, 0) is 19.4 Å². The van der Waals surface area contributed by atoms with Crippen LogP contribution in [0.2, 0.25) is 0 Å². The summed E-state index contributed by atoms with van der Waals surface area (Å²) in [7, 11) is 0. The molecule has 2 aromatic rings. The van der Waals surface area contributed by atoms with Crippen LogP contribution in [0.3, 0.4) is 0 Å². The van der Waals surface area contributed by atoms with Crippen molar-refractivity contribution in [3.05, 3.63) is 76.9 Å². The maximum absolute atomic E-state index is 12.9. The summed E-state index contributed by atoms with van der Waals surface area (Å²) in [5.41, 5.74) is 2.64. The Morgan fingerprint density at radius 2 is 1.65 bits per heavy atom. The van der Waals surface area contributed by atoms with Crippen LogP contribution in [0.25, 0.3) is 0 Å². The molecule has 0 spiro atoms. The van der Waals surface area contributed by atoms with E-state index >= 15 is 0 Å². The molecule has 0 heterocycles. The van der Waals surface area contributed by atoms with E-state index in [1.807, 2.05) is 0 Å². The van der Waals surface area contributed by atoms with E-state index in [0.29, 0.717) is 46.5 Å². The lowest BCUT2D eigenvalue weighted by molar-refractivity contribution is -0.138. The fourth-order valence-corrected chi connectivity index (χ4v) is 2.88. The van der Waals surface area contributed by atoms with Crippen molar-refractivity contribution in [2.75, 3.05) is 18.5 Å². The number of ether oxygens (including phenoxy) is 1. The van der Waals surface area contributed by atoms with Crippen LogP contribution in [0.4, 0.5) is 5.69 Å². The molecule has 0 bridgehead atoms. The van der Waals surface area contributed by atoms with Gasteiger partial charge in [0.1, 0.15) is 0 Å². The van der Waals surface area contributed by atoms with E-state index in [9.17, 15) is 14.4 Å². The molecule has 0 unspecified atom stereocenters. The van der Waals surface area contributed by atoms with Gasteiger partial charge in [0.05, 0.1) is 12.2 Å². The Labute approximate surface area is 151 Å². The topological polar surface area (TPSA) is 72.5 Å². The Bertz CT molecular complexity index is 914. The van der Waals surface area contributed by atoms with Crippen LogP contribution >= 0.6 is 0 Å². The van der Waals surface area contributed by atoms with Gasteiger partial charge in [0.2, 0.25) is 0 Å². The number of benzene rings is 2. The molecule has 1 aliphatic rings. The molecule has 5 nitrogen and oxygen atoms in total. The average Bonchev–Trinajstić information content (AvgIpc) is 2.65. The molecule has 0 atom stereocenters. The number of carbonyl (C=O) groups is 3. The zero-order valence-corrected chi connectivity index (χ0v) is 14.5. The average molecular weight is 349 g/mol. The second-order valence-corrected chi connectivity index (χ2v) is 6.13. The molecule has 132 valence electrons. The van der Waals surface area contributed by atoms with Gasteiger partial charge in [-0.3, -0.25) is 9.59 Å². The molecule has 0 fully saturated rings. The number of nitrogens with one attached hydrogen (secondary N) is 1. The van der Waals surface area contributed by atoms with Crippen molar-refractivity contribution in [3.8, 4) is 0 Å². The van der Waals surface area contributed by atoms with Crippen LogP contribution in [0.5, 0.6) is 0 Å². The second-order valence-electron chi connectivity index (χ2n) is 6.13. The molecule has 1 N–H and O–H groups in total. The van der Waals surface area contributed by atoms with Gasteiger partial charge < -0.3 is 10.1 Å². The molecule has 26 heavy (non-hydrogen) atoms. The summed E-state index contributed by atoms with van der Waals surface area (Å²) in [6, 6.07) is 12.1. The van der Waals surface area contributed by atoms with E-state index in [1.165, 1.54) is 0 Å². The van der Waals surface area contributed by atoms with Gasteiger partial charge in [0, 0.05) is 34.5 Å². The summed E-state index contributed by atoms with van der Waals surface area (Å²) < 4.78 is 5.04. The fourth-order valence-electron chi connectivity index (χ4n) is 2.88. The Kier molecular flexibility index (Phi) is 4.98. The van der Waals surface area contributed by atoms with E-state index in [2.05, 4.69) is 11.9 Å². The molecule has 0 aromatic heterocycles. The quantitative estimate of drug-likeness (QED) is 0.420. The molecular weight excluding hydrogens is 330 g/mol. The molecule has 0 aliphatic heterocycles. The Balaban J connectivity index is 1.73. The zero-order chi connectivity index (χ0) is 18.7. The highest BCUT2D eigenvalue weighted by Crippen LogP contribution is 2.31. The van der Waals surface area contributed by atoms with Crippen molar-refractivity contribution in [1.82, 2.24) is 0 Å². The lowest BCUT2D eigenvalue weighted by atomic mass is 9.83. The van der Waals surface area contributed by atoms with Crippen molar-refractivity contribution in [2.45, 2.75) is 13.3 Å². The third kappa shape index (κ3) is 3.28. The van der Waals surface area contributed by atoms with Gasteiger partial charge in [0.15, 0.2) is 11.6 Å². The minimum absolute atomic E-state index is 0.144. The maximum Gasteiger partial charge on any atom is 0.333 e. The van der Waals surface area contributed by atoms with Crippen molar-refractivity contribution in [3.63, 3.8) is 0 Å². The number of ketones is 2. The predicted octanol–water partition coefficient (Wildman–Crippen LogP) is 3.38. The van der Waals surface area contributed by atoms with E-state index < -0.39 is 5.97 Å². The first-order valence-corrected chi connectivity index (χ1v) is 8.38. The molecule has 0 saturated carbocycles. The standard InChI is InChI=1S/C21H19NO4/c1-13(2)21(25)26-12-6-11-22-17-10-5-9-16-18(17)20(24)15-8-4-3-7-14(15)19(16)23/h3-5,7-10,22H,1,6,11-12H2,2H3. The highest BCUT2D eigenvalue weighted by molar-refractivity contribution is 6.30. The van der Waals surface area contributed by atoms with Crippen LogP contribution in [-0.2, 0) is 9.53 Å². The third-order valence-electron chi connectivity index (χ3n) is 4.17. The maximum atomic E-state index is 12.9. The number of esters is 1. The molecule has 3 rings (SSSR count). The highest BCUT2D eigenvalue weighted by Gasteiger charge is 2.31. The smallest absolute Gasteiger partial charge is 0.333 e. The first-order chi connectivity index (χ1) is 12.5. The fraction of sp³-hybridized carbons (Fsp3) is 0.190. The van der Waals surface area contributed by atoms with Crippen molar-refractivity contribution >= 4 is 23.2 Å². The van der Waals surface area contributed by atoms with Crippen LogP contribution in [0.1, 0.15) is 45.2 Å². The lowest BCUT2D eigenvalue weighted by Crippen LogP contribution is -2.22. The molecule has 0 radical (unpaired) electrons. The van der Waals surface area contributed by atoms with E-state index in [0.717, 1.165) is 0 Å². The summed E-state index contributed by atoms with van der Waals surface area (Å²) in [6.45, 7) is 5.87. The molecular formula is C21H19NO4. The number of fused-ring (bicyclic) bond motifs is 2. The lowest BCUT2D eigenvalue weighted by Gasteiger charge is -2.20. The Morgan fingerprint density at radius 3 is 2.35 bits per heavy atom. The normalized spacial score (nSPS) is 12.2. The molecule has 5 heteroatoms. The summed E-state index contributed by atoms with van der Waals surface area (Å²) in [4.78, 5) is 36.9. The van der Waals surface area contributed by atoms with Gasteiger partial charge in [-0.1, -0.05) is 43.0 Å². The minimum atomic E-state index is -0.417. The highest BCUT2D eigenvalue weighted by atomic mass is 16.5. The first-order valence-electron chi connectivity index (χ1n) is 8.38. The number of carbonyl (C=O) groups excluding carboxylic acids is 3. The van der Waals surface area contributed by atoms with Gasteiger partial charge in [0.25, 0.3) is 0 Å². The van der Waals surface area contributed by atoms with Gasteiger partial charge in [-0.25, -0.2) is 4.79 Å². The van der Waals surface area contributed by atoms with E-state index in [4.69, 9.17) is 4.74 Å². The van der Waals surface area contributed by atoms with Crippen LogP contribution in [-0.4, -0.2) is 30.7 Å². The molecule has 2 aromatic carbocycles. The summed E-state index contributed by atoms with van der Waals surface area (Å²) in [5, 5.41) is 3.17. The second kappa shape index (κ2) is 7.35. The molecule has 0 amide bonds. The van der Waals surface area contributed by atoms with Crippen LogP contribution < -0.4 is 5.32 Å². The summed E-state index contributed by atoms with van der Waals surface area (Å²) in [5.74, 6) is -0.722. The third-order valence-corrected chi connectivity index (χ3v) is 4.17. The Hall–Kier alpha value is -3.21. The SMILES string of the molecule is C=C(C)C(=O)OCCCNc1cccc2c1C(=O)c1ccccc1C2=O. The van der Waals surface area contributed by atoms with Crippen molar-refractivity contribution < 1.29 is 19.1 Å². The van der Waals surface area contributed by atoms with Crippen LogP contribution in [0, 0.1) is 0 Å². The minimum Gasteiger partial charge on any atom is -0.462 e. The monoisotopic (exact) mass is 349 g/mol. The molecule has 0 saturated heterocycles. The van der Waals surface area contributed by atoms with Crippen molar-refractivity contribution in [1.29, 1.82) is 0 Å². The van der Waals surface area contributed by atoms with E-state index in [1.54, 1.807) is 49.4 Å². The summed E-state index contributed by atoms with van der Waals surface area (Å²) >= 11 is 0. The van der Waals surface area contributed by atoms with E-state index in [-0.39, 0.29) is 18.2 Å². The number of hydrogen-bond acceptors (Lipinski definition) is 5. The number of anilines is 1. The largest absolute Gasteiger partial charge is 0.462 e. The van der Waals surface area contributed by atoms with Gasteiger partial charge in [-0.2, -0.15) is 0 Å². The van der Waals surface area contributed by atoms with Crippen molar-refractivity contribution in [2.24, 2.45) is 0 Å². The molecule has 1 aliphatic carbocycles. The van der Waals surface area contributed by atoms with Gasteiger partial charge in [-0.15, -0.1) is 0 Å². The van der Waals surface area contributed by atoms with Gasteiger partial charge >= 0.3 is 5.97 Å². The Morgan fingerprint density at radius 1 is 1.00 bits per heavy atom. The predicted molar refractivity (Wildman–Crippen MR) is 98.6 cm³/mol.